The number of nitrogens with zero attached hydrogens (tertiary/aromatic N) is 1. The van der Waals surface area contributed by atoms with Gasteiger partial charge in [-0.2, -0.15) is 16.1 Å². The summed E-state index contributed by atoms with van der Waals surface area (Å²) < 4.78 is 27.0. The van der Waals surface area contributed by atoms with E-state index in [4.69, 9.17) is 0 Å². The van der Waals surface area contributed by atoms with Crippen LogP contribution in [-0.2, 0) is 16.6 Å². The first-order valence-corrected chi connectivity index (χ1v) is 9.24. The third-order valence-corrected chi connectivity index (χ3v) is 7.27. The Bertz CT molecular complexity index is 498. The van der Waals surface area contributed by atoms with E-state index in [0.29, 0.717) is 29.1 Å². The SMILES string of the molecule is CNCc1csc(S(=O)(=O)N2CCSC(C)C2)c1. The highest BCUT2D eigenvalue weighted by atomic mass is 32.2. The summed E-state index contributed by atoms with van der Waals surface area (Å²) in [5.41, 5.74) is 1.03. The van der Waals surface area contributed by atoms with Gasteiger partial charge in [-0.05, 0) is 24.1 Å². The van der Waals surface area contributed by atoms with Gasteiger partial charge in [0.1, 0.15) is 4.21 Å². The first kappa shape index (κ1) is 14.3. The lowest BCUT2D eigenvalue weighted by molar-refractivity contribution is 0.425. The van der Waals surface area contributed by atoms with Crippen molar-refractivity contribution in [2.75, 3.05) is 25.9 Å². The zero-order chi connectivity index (χ0) is 13.2. The minimum atomic E-state index is -3.28. The maximum absolute atomic E-state index is 12.5. The molecule has 1 aliphatic heterocycles. The molecule has 18 heavy (non-hydrogen) atoms. The topological polar surface area (TPSA) is 49.4 Å². The van der Waals surface area contributed by atoms with Crippen molar-refractivity contribution in [2.24, 2.45) is 0 Å². The molecule has 2 rings (SSSR count). The molecule has 2 heterocycles. The molecule has 1 aromatic rings. The molecule has 0 amide bonds. The second-order valence-corrected chi connectivity index (χ2v) is 8.97. The Hall–Kier alpha value is -0.0800. The summed E-state index contributed by atoms with van der Waals surface area (Å²) in [6.45, 7) is 4.02. The summed E-state index contributed by atoms with van der Waals surface area (Å²) in [4.78, 5) is 0. The fourth-order valence-electron chi connectivity index (χ4n) is 1.92. The first-order chi connectivity index (χ1) is 8.54. The molecule has 1 saturated heterocycles. The second kappa shape index (κ2) is 5.92. The molecule has 0 spiro atoms. The number of nitrogens with one attached hydrogen (secondary N) is 1. The summed E-state index contributed by atoms with van der Waals surface area (Å²) >= 11 is 3.15. The van der Waals surface area contributed by atoms with Crippen LogP contribution in [0.15, 0.2) is 15.7 Å². The van der Waals surface area contributed by atoms with Crippen LogP contribution < -0.4 is 5.32 Å². The Balaban J connectivity index is 2.18. The number of sulfonamides is 1. The fourth-order valence-corrected chi connectivity index (χ4v) is 6.03. The lowest BCUT2D eigenvalue weighted by atomic mass is 10.3. The van der Waals surface area contributed by atoms with Crippen molar-refractivity contribution in [1.82, 2.24) is 9.62 Å². The summed E-state index contributed by atoms with van der Waals surface area (Å²) in [5.74, 6) is 0.884. The maximum Gasteiger partial charge on any atom is 0.252 e. The standard InChI is InChI=1S/C11H18N2O2S3/c1-9-7-13(3-4-16-9)18(14,15)11-5-10(6-12-2)8-17-11/h5,8-9,12H,3-4,6-7H2,1-2H3. The minimum Gasteiger partial charge on any atom is -0.316 e. The molecule has 1 unspecified atom stereocenters. The molecule has 7 heteroatoms. The van der Waals surface area contributed by atoms with Crippen LogP contribution in [0.3, 0.4) is 0 Å². The fraction of sp³-hybridized carbons (Fsp3) is 0.636. The Morgan fingerprint density at radius 3 is 3.00 bits per heavy atom. The molecule has 4 nitrogen and oxygen atoms in total. The Morgan fingerprint density at radius 2 is 2.33 bits per heavy atom. The van der Waals surface area contributed by atoms with Crippen LogP contribution in [0.5, 0.6) is 0 Å². The van der Waals surface area contributed by atoms with E-state index in [1.807, 2.05) is 24.2 Å². The van der Waals surface area contributed by atoms with Crippen LogP contribution in [0, 0.1) is 0 Å². The molecule has 0 aromatic carbocycles. The van der Waals surface area contributed by atoms with Crippen molar-refractivity contribution in [3.63, 3.8) is 0 Å². The van der Waals surface area contributed by atoms with E-state index in [1.54, 1.807) is 10.4 Å². The normalized spacial score (nSPS) is 22.2. The van der Waals surface area contributed by atoms with Crippen molar-refractivity contribution in [3.05, 3.63) is 17.0 Å². The van der Waals surface area contributed by atoms with Crippen LogP contribution in [0.2, 0.25) is 0 Å². The molecule has 0 saturated carbocycles. The van der Waals surface area contributed by atoms with Gasteiger partial charge in [0.25, 0.3) is 10.0 Å². The van der Waals surface area contributed by atoms with E-state index < -0.39 is 10.0 Å². The third kappa shape index (κ3) is 3.08. The van der Waals surface area contributed by atoms with Gasteiger partial charge in [0.15, 0.2) is 0 Å². The predicted octanol–water partition coefficient (Wildman–Crippen LogP) is 1.59. The second-order valence-electron chi connectivity index (χ2n) is 4.35. The molecule has 1 atom stereocenters. The van der Waals surface area contributed by atoms with Crippen LogP contribution in [0.4, 0.5) is 0 Å². The lowest BCUT2D eigenvalue weighted by Crippen LogP contribution is -2.40. The van der Waals surface area contributed by atoms with Gasteiger partial charge >= 0.3 is 0 Å². The average molecular weight is 306 g/mol. The number of thiophene rings is 1. The van der Waals surface area contributed by atoms with E-state index in [0.717, 1.165) is 11.3 Å². The molecule has 0 aliphatic carbocycles. The van der Waals surface area contributed by atoms with Crippen LogP contribution in [0.1, 0.15) is 12.5 Å². The molecule has 0 radical (unpaired) electrons. The average Bonchev–Trinajstić information content (AvgIpc) is 2.79. The first-order valence-electron chi connectivity index (χ1n) is 5.88. The van der Waals surface area contributed by atoms with Gasteiger partial charge in [0.05, 0.1) is 0 Å². The van der Waals surface area contributed by atoms with E-state index in [1.165, 1.54) is 11.3 Å². The van der Waals surface area contributed by atoms with E-state index >= 15 is 0 Å². The zero-order valence-electron chi connectivity index (χ0n) is 10.5. The monoisotopic (exact) mass is 306 g/mol. The summed E-state index contributed by atoms with van der Waals surface area (Å²) in [6.07, 6.45) is 0. The molecule has 1 fully saturated rings. The number of hydrogen-bond donors (Lipinski definition) is 1. The van der Waals surface area contributed by atoms with Crippen molar-refractivity contribution >= 4 is 33.1 Å². The minimum absolute atomic E-state index is 0.380. The maximum atomic E-state index is 12.5. The smallest absolute Gasteiger partial charge is 0.252 e. The predicted molar refractivity (Wildman–Crippen MR) is 77.8 cm³/mol. The van der Waals surface area contributed by atoms with Crippen molar-refractivity contribution in [2.45, 2.75) is 22.9 Å². The van der Waals surface area contributed by atoms with Gasteiger partial charge in [0.2, 0.25) is 0 Å². The van der Waals surface area contributed by atoms with E-state index in [-0.39, 0.29) is 0 Å². The quantitative estimate of drug-likeness (QED) is 0.918. The number of hydrogen-bond acceptors (Lipinski definition) is 5. The summed E-state index contributed by atoms with van der Waals surface area (Å²) in [6, 6.07) is 1.78. The van der Waals surface area contributed by atoms with Gasteiger partial charge < -0.3 is 5.32 Å². The van der Waals surface area contributed by atoms with E-state index in [9.17, 15) is 8.42 Å². The highest BCUT2D eigenvalue weighted by Crippen LogP contribution is 2.28. The highest BCUT2D eigenvalue weighted by Gasteiger charge is 2.29. The Kier molecular flexibility index (Phi) is 4.71. The molecule has 1 aromatic heterocycles. The largest absolute Gasteiger partial charge is 0.316 e. The molecular weight excluding hydrogens is 288 g/mol. The molecule has 102 valence electrons. The number of thioether (sulfide) groups is 1. The van der Waals surface area contributed by atoms with Gasteiger partial charge in [-0.25, -0.2) is 8.42 Å². The highest BCUT2D eigenvalue weighted by molar-refractivity contribution is 8.00. The van der Waals surface area contributed by atoms with Gasteiger partial charge in [-0.3, -0.25) is 0 Å². The van der Waals surface area contributed by atoms with E-state index in [2.05, 4.69) is 12.2 Å². The van der Waals surface area contributed by atoms with Gasteiger partial charge in [-0.15, -0.1) is 11.3 Å². The van der Waals surface area contributed by atoms with Crippen LogP contribution in [-0.4, -0.2) is 43.9 Å². The Labute approximate surface area is 117 Å². The summed E-state index contributed by atoms with van der Waals surface area (Å²) in [7, 11) is -1.43. The van der Waals surface area contributed by atoms with Crippen LogP contribution >= 0.6 is 23.1 Å². The van der Waals surface area contributed by atoms with Crippen LogP contribution in [0.25, 0.3) is 0 Å². The van der Waals surface area contributed by atoms with Gasteiger partial charge in [-0.1, -0.05) is 6.92 Å². The Morgan fingerprint density at radius 1 is 1.56 bits per heavy atom. The molecular formula is C11H18N2O2S3. The third-order valence-electron chi connectivity index (χ3n) is 2.81. The zero-order valence-corrected chi connectivity index (χ0v) is 13.0. The van der Waals surface area contributed by atoms with Gasteiger partial charge in [0, 0.05) is 30.6 Å². The molecule has 0 bridgehead atoms. The lowest BCUT2D eigenvalue weighted by Gasteiger charge is -2.29. The van der Waals surface area contributed by atoms with Crippen molar-refractivity contribution in [3.8, 4) is 0 Å². The molecule has 1 N–H and O–H groups in total. The summed E-state index contributed by atoms with van der Waals surface area (Å²) in [5, 5.41) is 5.32. The van der Waals surface area contributed by atoms with Crippen molar-refractivity contribution < 1.29 is 8.42 Å². The molecule has 1 aliphatic rings. The number of rotatable bonds is 4. The van der Waals surface area contributed by atoms with Crippen molar-refractivity contribution in [1.29, 1.82) is 0 Å².